The molecule has 2 aromatic carbocycles. The lowest BCUT2D eigenvalue weighted by molar-refractivity contribution is -0.133. The quantitative estimate of drug-likeness (QED) is 0.697. The first-order valence-electron chi connectivity index (χ1n) is 8.41. The van der Waals surface area contributed by atoms with Gasteiger partial charge in [-0.15, -0.1) is 0 Å². The molecule has 0 unspecified atom stereocenters. The van der Waals surface area contributed by atoms with Crippen molar-refractivity contribution in [2.24, 2.45) is 0 Å². The number of nitrogens with zero attached hydrogens (tertiary/aromatic N) is 1. The van der Waals surface area contributed by atoms with Gasteiger partial charge in [-0.05, 0) is 43.0 Å². The van der Waals surface area contributed by atoms with E-state index in [1.807, 2.05) is 23.1 Å². The number of carbonyl (C=O) groups is 1. The standard InChI is InChI=1S/C20H21NO2/c1-14-6-4-5-11-21(14)19(22)12-16-13-23-18-10-9-15-7-2-3-8-17(15)20(16)18/h2-3,7-10,13-14H,4-6,11-12H2,1H3/t14-/m0/s1. The molecule has 1 fully saturated rings. The summed E-state index contributed by atoms with van der Waals surface area (Å²) in [6.45, 7) is 3.04. The van der Waals surface area contributed by atoms with Crippen LogP contribution in [0.3, 0.4) is 0 Å². The number of hydrogen-bond donors (Lipinski definition) is 0. The first kappa shape index (κ1) is 14.3. The van der Waals surface area contributed by atoms with Gasteiger partial charge in [0.05, 0.1) is 12.7 Å². The van der Waals surface area contributed by atoms with Crippen molar-refractivity contribution in [2.75, 3.05) is 6.54 Å². The number of benzene rings is 2. The normalized spacial score (nSPS) is 18.7. The maximum atomic E-state index is 12.7. The van der Waals surface area contributed by atoms with Crippen LogP contribution in [0.1, 0.15) is 31.7 Å². The molecule has 23 heavy (non-hydrogen) atoms. The molecule has 0 N–H and O–H groups in total. The molecule has 4 rings (SSSR count). The van der Waals surface area contributed by atoms with Crippen LogP contribution in [-0.4, -0.2) is 23.4 Å². The average Bonchev–Trinajstić information content (AvgIpc) is 2.98. The van der Waals surface area contributed by atoms with E-state index in [0.29, 0.717) is 12.5 Å². The van der Waals surface area contributed by atoms with E-state index in [-0.39, 0.29) is 5.91 Å². The summed E-state index contributed by atoms with van der Waals surface area (Å²) in [6, 6.07) is 12.7. The fourth-order valence-electron chi connectivity index (χ4n) is 3.74. The Morgan fingerprint density at radius 1 is 1.22 bits per heavy atom. The zero-order valence-electron chi connectivity index (χ0n) is 13.4. The second-order valence-electron chi connectivity index (χ2n) is 6.53. The Labute approximate surface area is 135 Å². The van der Waals surface area contributed by atoms with Gasteiger partial charge >= 0.3 is 0 Å². The van der Waals surface area contributed by atoms with E-state index in [1.165, 1.54) is 11.8 Å². The number of likely N-dealkylation sites (tertiary alicyclic amines) is 1. The summed E-state index contributed by atoms with van der Waals surface area (Å²) in [5.74, 6) is 0.216. The third kappa shape index (κ3) is 2.50. The largest absolute Gasteiger partial charge is 0.464 e. The lowest BCUT2D eigenvalue weighted by Gasteiger charge is -2.33. The van der Waals surface area contributed by atoms with Gasteiger partial charge in [0.25, 0.3) is 0 Å². The molecule has 0 bridgehead atoms. The first-order valence-corrected chi connectivity index (χ1v) is 8.41. The molecule has 0 saturated carbocycles. The van der Waals surface area contributed by atoms with E-state index in [9.17, 15) is 4.79 Å². The van der Waals surface area contributed by atoms with Crippen LogP contribution in [0.5, 0.6) is 0 Å². The van der Waals surface area contributed by atoms with Gasteiger partial charge in [-0.1, -0.05) is 30.3 Å². The highest BCUT2D eigenvalue weighted by Gasteiger charge is 2.24. The van der Waals surface area contributed by atoms with E-state index in [0.717, 1.165) is 41.3 Å². The van der Waals surface area contributed by atoms with Crippen molar-refractivity contribution in [2.45, 2.75) is 38.6 Å². The van der Waals surface area contributed by atoms with Crippen molar-refractivity contribution in [3.8, 4) is 0 Å². The third-order valence-corrected chi connectivity index (χ3v) is 5.01. The maximum absolute atomic E-state index is 12.7. The monoisotopic (exact) mass is 307 g/mol. The fourth-order valence-corrected chi connectivity index (χ4v) is 3.74. The van der Waals surface area contributed by atoms with E-state index in [2.05, 4.69) is 25.1 Å². The topological polar surface area (TPSA) is 33.5 Å². The molecule has 118 valence electrons. The Balaban J connectivity index is 1.71. The van der Waals surface area contributed by atoms with Crippen LogP contribution < -0.4 is 0 Å². The van der Waals surface area contributed by atoms with Crippen molar-refractivity contribution >= 4 is 27.6 Å². The number of piperidine rings is 1. The highest BCUT2D eigenvalue weighted by molar-refractivity contribution is 6.08. The molecule has 1 amide bonds. The summed E-state index contributed by atoms with van der Waals surface area (Å²) in [7, 11) is 0. The van der Waals surface area contributed by atoms with Crippen molar-refractivity contribution in [3.63, 3.8) is 0 Å². The predicted molar refractivity (Wildman–Crippen MR) is 92.5 cm³/mol. The van der Waals surface area contributed by atoms with Gasteiger partial charge in [0.15, 0.2) is 0 Å². The number of carbonyl (C=O) groups excluding carboxylic acids is 1. The minimum atomic E-state index is 0.216. The Bertz CT molecular complexity index is 864. The molecule has 3 aromatic rings. The summed E-state index contributed by atoms with van der Waals surface area (Å²) >= 11 is 0. The zero-order chi connectivity index (χ0) is 15.8. The summed E-state index contributed by atoms with van der Waals surface area (Å²) in [5.41, 5.74) is 1.86. The lowest BCUT2D eigenvalue weighted by atomic mass is 10.00. The van der Waals surface area contributed by atoms with E-state index in [1.54, 1.807) is 6.26 Å². The molecular formula is C20H21NO2. The van der Waals surface area contributed by atoms with Crippen LogP contribution in [0.15, 0.2) is 47.1 Å². The van der Waals surface area contributed by atoms with Gasteiger partial charge in [-0.2, -0.15) is 0 Å². The molecular weight excluding hydrogens is 286 g/mol. The summed E-state index contributed by atoms with van der Waals surface area (Å²) in [5, 5.41) is 3.43. The van der Waals surface area contributed by atoms with Gasteiger partial charge in [-0.3, -0.25) is 4.79 Å². The molecule has 1 aromatic heterocycles. The second kappa shape index (κ2) is 5.73. The molecule has 2 heterocycles. The minimum Gasteiger partial charge on any atom is -0.464 e. The average molecular weight is 307 g/mol. The fraction of sp³-hybridized carbons (Fsp3) is 0.350. The number of fused-ring (bicyclic) bond motifs is 3. The van der Waals surface area contributed by atoms with Crippen LogP contribution in [0.25, 0.3) is 21.7 Å². The SMILES string of the molecule is C[C@H]1CCCCN1C(=O)Cc1coc2ccc3ccccc3c12. The Kier molecular flexibility index (Phi) is 3.56. The molecule has 1 saturated heterocycles. The maximum Gasteiger partial charge on any atom is 0.227 e. The molecule has 3 heteroatoms. The molecule has 1 atom stereocenters. The van der Waals surface area contributed by atoms with Crippen molar-refractivity contribution in [1.29, 1.82) is 0 Å². The molecule has 0 radical (unpaired) electrons. The smallest absolute Gasteiger partial charge is 0.227 e. The number of rotatable bonds is 2. The van der Waals surface area contributed by atoms with Crippen LogP contribution in [0.4, 0.5) is 0 Å². The Morgan fingerprint density at radius 3 is 2.96 bits per heavy atom. The highest BCUT2D eigenvalue weighted by atomic mass is 16.3. The molecule has 1 aliphatic rings. The van der Waals surface area contributed by atoms with E-state index >= 15 is 0 Å². The predicted octanol–water partition coefficient (Wildman–Crippen LogP) is 4.53. The minimum absolute atomic E-state index is 0.216. The van der Waals surface area contributed by atoms with Gasteiger partial charge in [-0.25, -0.2) is 0 Å². The Morgan fingerprint density at radius 2 is 2.09 bits per heavy atom. The van der Waals surface area contributed by atoms with Gasteiger partial charge in [0, 0.05) is 23.5 Å². The van der Waals surface area contributed by atoms with Crippen LogP contribution in [0, 0.1) is 0 Å². The number of furan rings is 1. The van der Waals surface area contributed by atoms with Crippen molar-refractivity contribution in [3.05, 3.63) is 48.2 Å². The molecule has 0 spiro atoms. The zero-order valence-corrected chi connectivity index (χ0v) is 13.4. The van der Waals surface area contributed by atoms with Crippen molar-refractivity contribution in [1.82, 2.24) is 4.90 Å². The third-order valence-electron chi connectivity index (χ3n) is 5.01. The van der Waals surface area contributed by atoms with Crippen LogP contribution >= 0.6 is 0 Å². The second-order valence-corrected chi connectivity index (χ2v) is 6.53. The first-order chi connectivity index (χ1) is 11.2. The van der Waals surface area contributed by atoms with Crippen LogP contribution in [-0.2, 0) is 11.2 Å². The molecule has 3 nitrogen and oxygen atoms in total. The van der Waals surface area contributed by atoms with E-state index < -0.39 is 0 Å². The van der Waals surface area contributed by atoms with Crippen molar-refractivity contribution < 1.29 is 9.21 Å². The van der Waals surface area contributed by atoms with Gasteiger partial charge in [0.1, 0.15) is 5.58 Å². The molecule has 0 aliphatic carbocycles. The summed E-state index contributed by atoms with van der Waals surface area (Å²) in [6.07, 6.45) is 5.63. The van der Waals surface area contributed by atoms with Crippen LogP contribution in [0.2, 0.25) is 0 Å². The summed E-state index contributed by atoms with van der Waals surface area (Å²) in [4.78, 5) is 14.8. The summed E-state index contributed by atoms with van der Waals surface area (Å²) < 4.78 is 5.70. The number of amides is 1. The van der Waals surface area contributed by atoms with Gasteiger partial charge in [0.2, 0.25) is 5.91 Å². The molecule has 1 aliphatic heterocycles. The highest BCUT2D eigenvalue weighted by Crippen LogP contribution is 2.30. The number of hydrogen-bond acceptors (Lipinski definition) is 2. The van der Waals surface area contributed by atoms with Gasteiger partial charge < -0.3 is 9.32 Å². The lowest BCUT2D eigenvalue weighted by Crippen LogP contribution is -2.42. The Hall–Kier alpha value is -2.29. The van der Waals surface area contributed by atoms with E-state index in [4.69, 9.17) is 4.42 Å².